The first-order chi connectivity index (χ1) is 17.2. The van der Waals surface area contributed by atoms with Gasteiger partial charge in [-0.05, 0) is 73.9 Å². The number of carbonyl (C=O) groups excluding carboxylic acids is 1. The van der Waals surface area contributed by atoms with Gasteiger partial charge < -0.3 is 16.0 Å². The lowest BCUT2D eigenvalue weighted by molar-refractivity contribution is 0.102. The lowest BCUT2D eigenvalue weighted by Gasteiger charge is -2.35. The summed E-state index contributed by atoms with van der Waals surface area (Å²) in [6, 6.07) is 4.41. The zero-order valence-corrected chi connectivity index (χ0v) is 20.2. The third-order valence-corrected chi connectivity index (χ3v) is 7.00. The number of amides is 1. The predicted octanol–water partition coefficient (Wildman–Crippen LogP) is 5.10. The SMILES string of the molecule is Cc1cc(F)c(-c2nc(C(=O)Nc3cnc4c(c3N3CCC[C@H](N)C3)CCC4C)ccc2F)c(F)c1. The molecule has 36 heavy (non-hydrogen) atoms. The van der Waals surface area contributed by atoms with Crippen LogP contribution in [0.2, 0.25) is 0 Å². The van der Waals surface area contributed by atoms with Gasteiger partial charge in [0.25, 0.3) is 5.91 Å². The Bertz CT molecular complexity index is 1320. The number of pyridine rings is 2. The normalized spacial score (nSPS) is 19.3. The highest BCUT2D eigenvalue weighted by molar-refractivity contribution is 6.05. The van der Waals surface area contributed by atoms with E-state index in [1.807, 2.05) is 0 Å². The maximum absolute atomic E-state index is 14.6. The maximum Gasteiger partial charge on any atom is 0.274 e. The number of nitrogens with one attached hydrogen (secondary N) is 1. The van der Waals surface area contributed by atoms with E-state index in [-0.39, 0.29) is 11.7 Å². The van der Waals surface area contributed by atoms with Crippen molar-refractivity contribution < 1.29 is 18.0 Å². The highest BCUT2D eigenvalue weighted by Crippen LogP contribution is 2.42. The predicted molar refractivity (Wildman–Crippen MR) is 133 cm³/mol. The van der Waals surface area contributed by atoms with Crippen molar-refractivity contribution in [2.45, 2.75) is 51.5 Å². The quantitative estimate of drug-likeness (QED) is 0.526. The van der Waals surface area contributed by atoms with Gasteiger partial charge in [-0.15, -0.1) is 0 Å². The van der Waals surface area contributed by atoms with E-state index in [1.165, 1.54) is 13.0 Å². The van der Waals surface area contributed by atoms with Crippen molar-refractivity contribution in [3.05, 3.63) is 70.4 Å². The molecule has 3 N–H and O–H groups in total. The zero-order chi connectivity index (χ0) is 25.6. The van der Waals surface area contributed by atoms with Crippen LogP contribution < -0.4 is 16.0 Å². The first-order valence-electron chi connectivity index (χ1n) is 12.2. The molecule has 188 valence electrons. The highest BCUT2D eigenvalue weighted by Gasteiger charge is 2.30. The van der Waals surface area contributed by atoms with Gasteiger partial charge in [0.2, 0.25) is 0 Å². The van der Waals surface area contributed by atoms with Crippen LogP contribution >= 0.6 is 0 Å². The van der Waals surface area contributed by atoms with Crippen molar-refractivity contribution in [3.63, 3.8) is 0 Å². The molecule has 5 rings (SSSR count). The topological polar surface area (TPSA) is 84.1 Å². The highest BCUT2D eigenvalue weighted by atomic mass is 19.1. The Morgan fingerprint density at radius 2 is 1.89 bits per heavy atom. The van der Waals surface area contributed by atoms with E-state index in [1.54, 1.807) is 6.20 Å². The van der Waals surface area contributed by atoms with E-state index < -0.39 is 34.6 Å². The second kappa shape index (κ2) is 9.54. The fourth-order valence-corrected chi connectivity index (χ4v) is 5.25. The van der Waals surface area contributed by atoms with Crippen molar-refractivity contribution in [2.75, 3.05) is 23.3 Å². The van der Waals surface area contributed by atoms with Crippen molar-refractivity contribution in [2.24, 2.45) is 5.73 Å². The Balaban J connectivity index is 1.51. The number of hydrogen-bond acceptors (Lipinski definition) is 5. The van der Waals surface area contributed by atoms with E-state index in [0.29, 0.717) is 23.7 Å². The molecule has 9 heteroatoms. The van der Waals surface area contributed by atoms with Gasteiger partial charge in [-0.2, -0.15) is 0 Å². The van der Waals surface area contributed by atoms with E-state index in [9.17, 15) is 18.0 Å². The van der Waals surface area contributed by atoms with Gasteiger partial charge in [0.1, 0.15) is 28.8 Å². The van der Waals surface area contributed by atoms with Gasteiger partial charge in [0.15, 0.2) is 0 Å². The van der Waals surface area contributed by atoms with Crippen LogP contribution in [0.1, 0.15) is 59.4 Å². The monoisotopic (exact) mass is 495 g/mol. The van der Waals surface area contributed by atoms with Crippen molar-refractivity contribution >= 4 is 17.3 Å². The number of anilines is 2. The minimum absolute atomic E-state index is 0.0329. The van der Waals surface area contributed by atoms with Crippen LogP contribution in [0, 0.1) is 24.4 Å². The third-order valence-electron chi connectivity index (χ3n) is 7.00. The molecule has 1 aliphatic carbocycles. The van der Waals surface area contributed by atoms with Gasteiger partial charge in [0, 0.05) is 24.8 Å². The summed E-state index contributed by atoms with van der Waals surface area (Å²) in [5.41, 5.74) is 8.82. The molecule has 2 aliphatic rings. The van der Waals surface area contributed by atoms with Gasteiger partial charge in [-0.3, -0.25) is 9.78 Å². The minimum atomic E-state index is -0.947. The number of hydrogen-bond donors (Lipinski definition) is 2. The molecule has 1 aromatic carbocycles. The van der Waals surface area contributed by atoms with Crippen LogP contribution in [0.25, 0.3) is 11.3 Å². The second-order valence-electron chi connectivity index (χ2n) is 9.76. The van der Waals surface area contributed by atoms with Gasteiger partial charge in [-0.1, -0.05) is 6.92 Å². The van der Waals surface area contributed by atoms with E-state index >= 15 is 0 Å². The largest absolute Gasteiger partial charge is 0.368 e. The van der Waals surface area contributed by atoms with Gasteiger partial charge in [0.05, 0.1) is 23.1 Å². The first kappa shape index (κ1) is 24.2. The molecule has 0 bridgehead atoms. The number of nitrogens with zero attached hydrogens (tertiary/aromatic N) is 3. The van der Waals surface area contributed by atoms with Gasteiger partial charge in [-0.25, -0.2) is 18.2 Å². The van der Waals surface area contributed by atoms with Crippen LogP contribution in [0.5, 0.6) is 0 Å². The summed E-state index contributed by atoms with van der Waals surface area (Å²) >= 11 is 0. The number of aryl methyl sites for hydroxylation is 1. The fourth-order valence-electron chi connectivity index (χ4n) is 5.25. The molecule has 1 saturated heterocycles. The Labute approximate surface area is 207 Å². The lowest BCUT2D eigenvalue weighted by atomic mass is 10.0. The molecule has 1 amide bonds. The number of halogens is 3. The minimum Gasteiger partial charge on any atom is -0.368 e. The Kier molecular flexibility index (Phi) is 6.42. The van der Waals surface area contributed by atoms with Crippen LogP contribution in [0.15, 0.2) is 30.5 Å². The Hall–Kier alpha value is -3.46. The summed E-state index contributed by atoms with van der Waals surface area (Å²) in [5.74, 6) is -3.12. The second-order valence-corrected chi connectivity index (χ2v) is 9.76. The summed E-state index contributed by atoms with van der Waals surface area (Å²) < 4.78 is 43.6. The molecule has 0 spiro atoms. The van der Waals surface area contributed by atoms with Crippen LogP contribution in [-0.2, 0) is 6.42 Å². The molecular formula is C27H28F3N5O. The molecule has 1 fully saturated rings. The molecule has 0 saturated carbocycles. The van der Waals surface area contributed by atoms with Crippen molar-refractivity contribution in [1.82, 2.24) is 9.97 Å². The summed E-state index contributed by atoms with van der Waals surface area (Å²) in [6.07, 6.45) is 5.34. The molecule has 1 aliphatic heterocycles. The van der Waals surface area contributed by atoms with E-state index in [4.69, 9.17) is 5.73 Å². The molecule has 6 nitrogen and oxygen atoms in total. The summed E-state index contributed by atoms with van der Waals surface area (Å²) in [7, 11) is 0. The number of fused-ring (bicyclic) bond motifs is 1. The molecule has 0 radical (unpaired) electrons. The molecule has 3 aromatic rings. The molecule has 2 aromatic heterocycles. The first-order valence-corrected chi connectivity index (χ1v) is 12.2. The van der Waals surface area contributed by atoms with Gasteiger partial charge >= 0.3 is 0 Å². The smallest absolute Gasteiger partial charge is 0.274 e. The average molecular weight is 496 g/mol. The molecule has 3 heterocycles. The van der Waals surface area contributed by atoms with E-state index in [0.717, 1.165) is 67.4 Å². The van der Waals surface area contributed by atoms with Crippen LogP contribution in [0.4, 0.5) is 24.5 Å². The molecular weight excluding hydrogens is 467 g/mol. The number of nitrogens with two attached hydrogens (primary N) is 1. The number of aromatic nitrogens is 2. The summed E-state index contributed by atoms with van der Waals surface area (Å²) in [4.78, 5) is 24.1. The third kappa shape index (κ3) is 4.43. The zero-order valence-electron chi connectivity index (χ0n) is 20.2. The van der Waals surface area contributed by atoms with Crippen molar-refractivity contribution in [1.29, 1.82) is 0 Å². The van der Waals surface area contributed by atoms with Crippen LogP contribution in [-0.4, -0.2) is 35.0 Å². The Morgan fingerprint density at radius 1 is 1.14 bits per heavy atom. The standard InChI is InChI=1S/C27H28F3N5O/c1-14-10-19(29)23(20(30)11-14)25-18(28)7-8-21(33-25)27(36)34-22-12-32-24-15(2)5-6-17(24)26(22)35-9-3-4-16(31)13-35/h7-8,10-12,15-16H,3-6,9,13,31H2,1-2H3,(H,34,36)/t15?,16-/m0/s1. The van der Waals surface area contributed by atoms with E-state index in [2.05, 4.69) is 27.1 Å². The summed E-state index contributed by atoms with van der Waals surface area (Å²) in [6.45, 7) is 5.14. The molecule has 2 atom stereocenters. The number of piperidine rings is 1. The average Bonchev–Trinajstić information content (AvgIpc) is 3.20. The van der Waals surface area contributed by atoms with Crippen LogP contribution in [0.3, 0.4) is 0 Å². The summed E-state index contributed by atoms with van der Waals surface area (Å²) in [5, 5.41) is 2.86. The number of benzene rings is 1. The fraction of sp³-hybridized carbons (Fsp3) is 0.370. The number of carbonyl (C=O) groups is 1. The van der Waals surface area contributed by atoms with Crippen molar-refractivity contribution in [3.8, 4) is 11.3 Å². The molecule has 1 unspecified atom stereocenters. The maximum atomic E-state index is 14.6. The number of rotatable bonds is 4. The lowest BCUT2D eigenvalue weighted by Crippen LogP contribution is -2.43. The Morgan fingerprint density at radius 3 is 2.61 bits per heavy atom.